The summed E-state index contributed by atoms with van der Waals surface area (Å²) in [6.45, 7) is 1.57. The van der Waals surface area contributed by atoms with Crippen molar-refractivity contribution < 1.29 is 0 Å². The van der Waals surface area contributed by atoms with Crippen LogP contribution in [0.3, 0.4) is 0 Å². The minimum Gasteiger partial charge on any atom is -0.326 e. The van der Waals surface area contributed by atoms with E-state index >= 15 is 0 Å². The van der Waals surface area contributed by atoms with Crippen molar-refractivity contribution in [3.8, 4) is 0 Å². The summed E-state index contributed by atoms with van der Waals surface area (Å²) in [6.07, 6.45) is 5.36. The zero-order valence-corrected chi connectivity index (χ0v) is 8.91. The molecule has 0 saturated carbocycles. The number of aromatic nitrogens is 3. The van der Waals surface area contributed by atoms with Crippen molar-refractivity contribution >= 4 is 0 Å². The molecule has 84 valence electrons. The lowest BCUT2D eigenvalue weighted by Gasteiger charge is -2.07. The highest BCUT2D eigenvalue weighted by Gasteiger charge is 2.01. The number of hydrogen-bond donors (Lipinski definition) is 1. The van der Waals surface area contributed by atoms with E-state index in [2.05, 4.69) is 5.10 Å². The van der Waals surface area contributed by atoms with Gasteiger partial charge in [0.25, 0.3) is 5.56 Å². The van der Waals surface area contributed by atoms with Crippen LogP contribution in [-0.4, -0.2) is 14.3 Å². The normalized spacial score (nSPS) is 10.6. The molecule has 5 nitrogen and oxygen atoms in total. The summed E-state index contributed by atoms with van der Waals surface area (Å²) in [5.74, 6) is 0. The summed E-state index contributed by atoms with van der Waals surface area (Å²) in [6, 6.07) is 5.46. The average molecular weight is 218 g/mol. The van der Waals surface area contributed by atoms with Crippen LogP contribution in [0.1, 0.15) is 5.56 Å². The van der Waals surface area contributed by atoms with Crippen LogP contribution >= 0.6 is 0 Å². The van der Waals surface area contributed by atoms with Gasteiger partial charge in [-0.3, -0.25) is 9.48 Å². The predicted octanol–water partition coefficient (Wildman–Crippen LogP) is 0.204. The van der Waals surface area contributed by atoms with Gasteiger partial charge in [0.2, 0.25) is 0 Å². The molecule has 0 aliphatic heterocycles. The SMILES string of the molecule is NCc1cccn(CCn2cccn2)c1=O. The highest BCUT2D eigenvalue weighted by atomic mass is 16.1. The average Bonchev–Trinajstić information content (AvgIpc) is 2.81. The molecular weight excluding hydrogens is 204 g/mol. The lowest BCUT2D eigenvalue weighted by atomic mass is 10.3. The van der Waals surface area contributed by atoms with Crippen LogP contribution in [0.25, 0.3) is 0 Å². The highest BCUT2D eigenvalue weighted by molar-refractivity contribution is 5.09. The second kappa shape index (κ2) is 4.76. The Hall–Kier alpha value is -1.88. The van der Waals surface area contributed by atoms with E-state index in [1.165, 1.54) is 0 Å². The van der Waals surface area contributed by atoms with Gasteiger partial charge in [-0.15, -0.1) is 0 Å². The number of nitrogens with zero attached hydrogens (tertiary/aromatic N) is 3. The van der Waals surface area contributed by atoms with Crippen molar-refractivity contribution in [2.45, 2.75) is 19.6 Å². The Morgan fingerprint density at radius 1 is 1.25 bits per heavy atom. The fourth-order valence-corrected chi connectivity index (χ4v) is 1.56. The molecule has 0 aromatic carbocycles. The molecule has 0 spiro atoms. The number of pyridine rings is 1. The van der Waals surface area contributed by atoms with E-state index in [1.54, 1.807) is 27.7 Å². The Kier molecular flexibility index (Phi) is 3.16. The molecule has 2 heterocycles. The van der Waals surface area contributed by atoms with Crippen molar-refractivity contribution in [3.05, 3.63) is 52.7 Å². The lowest BCUT2D eigenvalue weighted by Crippen LogP contribution is -2.26. The largest absolute Gasteiger partial charge is 0.326 e. The van der Waals surface area contributed by atoms with E-state index in [0.29, 0.717) is 18.7 Å². The first kappa shape index (κ1) is 10.6. The van der Waals surface area contributed by atoms with Gasteiger partial charge in [-0.1, -0.05) is 6.07 Å². The van der Waals surface area contributed by atoms with Gasteiger partial charge in [-0.2, -0.15) is 5.10 Å². The molecule has 0 radical (unpaired) electrons. The topological polar surface area (TPSA) is 65.8 Å². The Labute approximate surface area is 93.1 Å². The van der Waals surface area contributed by atoms with Crippen molar-refractivity contribution in [2.75, 3.05) is 0 Å². The molecule has 16 heavy (non-hydrogen) atoms. The summed E-state index contributed by atoms with van der Waals surface area (Å²) < 4.78 is 3.45. The molecule has 0 unspecified atom stereocenters. The molecule has 2 rings (SSSR count). The molecular formula is C11H14N4O. The third-order valence-corrected chi connectivity index (χ3v) is 2.45. The maximum absolute atomic E-state index is 11.8. The van der Waals surface area contributed by atoms with Crippen molar-refractivity contribution in [1.29, 1.82) is 0 Å². The Bertz CT molecular complexity index is 501. The van der Waals surface area contributed by atoms with Gasteiger partial charge in [0, 0.05) is 37.2 Å². The number of aryl methyl sites for hydroxylation is 2. The van der Waals surface area contributed by atoms with Gasteiger partial charge in [0.1, 0.15) is 0 Å². The molecule has 0 bridgehead atoms. The van der Waals surface area contributed by atoms with E-state index in [0.717, 1.165) is 0 Å². The zero-order valence-electron chi connectivity index (χ0n) is 8.91. The van der Waals surface area contributed by atoms with Crippen molar-refractivity contribution in [3.63, 3.8) is 0 Å². The quantitative estimate of drug-likeness (QED) is 0.797. The maximum atomic E-state index is 11.8. The van der Waals surface area contributed by atoms with E-state index in [-0.39, 0.29) is 12.1 Å². The van der Waals surface area contributed by atoms with Gasteiger partial charge >= 0.3 is 0 Å². The number of nitrogens with two attached hydrogens (primary N) is 1. The van der Waals surface area contributed by atoms with Crippen molar-refractivity contribution in [1.82, 2.24) is 14.3 Å². The van der Waals surface area contributed by atoms with E-state index < -0.39 is 0 Å². The highest BCUT2D eigenvalue weighted by Crippen LogP contribution is 1.92. The van der Waals surface area contributed by atoms with Gasteiger partial charge in [-0.25, -0.2) is 0 Å². The summed E-state index contributed by atoms with van der Waals surface area (Å²) in [5, 5.41) is 4.08. The Morgan fingerprint density at radius 3 is 2.81 bits per heavy atom. The van der Waals surface area contributed by atoms with Crippen molar-refractivity contribution in [2.24, 2.45) is 5.73 Å². The maximum Gasteiger partial charge on any atom is 0.255 e. The zero-order chi connectivity index (χ0) is 11.4. The van der Waals surface area contributed by atoms with E-state index in [1.807, 2.05) is 18.3 Å². The van der Waals surface area contributed by atoms with E-state index in [4.69, 9.17) is 5.73 Å². The summed E-state index contributed by atoms with van der Waals surface area (Å²) >= 11 is 0. The summed E-state index contributed by atoms with van der Waals surface area (Å²) in [4.78, 5) is 11.8. The Morgan fingerprint density at radius 2 is 2.12 bits per heavy atom. The molecule has 0 atom stereocenters. The third-order valence-electron chi connectivity index (χ3n) is 2.45. The minimum absolute atomic E-state index is 0.0165. The smallest absolute Gasteiger partial charge is 0.255 e. The Balaban J connectivity index is 2.13. The van der Waals surface area contributed by atoms with Crippen LogP contribution in [0.4, 0.5) is 0 Å². The molecule has 0 aliphatic rings. The summed E-state index contributed by atoms with van der Waals surface area (Å²) in [7, 11) is 0. The van der Waals surface area contributed by atoms with Gasteiger partial charge < -0.3 is 10.3 Å². The standard InChI is InChI=1S/C11H14N4O/c12-9-10-3-1-5-14(11(10)16)7-8-15-6-2-4-13-15/h1-6H,7-9,12H2. The molecule has 2 N–H and O–H groups in total. The predicted molar refractivity (Wildman–Crippen MR) is 60.8 cm³/mol. The van der Waals surface area contributed by atoms with Crippen LogP contribution < -0.4 is 11.3 Å². The molecule has 5 heteroatoms. The van der Waals surface area contributed by atoms with Gasteiger partial charge in [-0.05, 0) is 12.1 Å². The first-order chi connectivity index (χ1) is 7.81. The third kappa shape index (κ3) is 2.20. The second-order valence-corrected chi connectivity index (χ2v) is 3.51. The van der Waals surface area contributed by atoms with Crippen LogP contribution in [0.15, 0.2) is 41.6 Å². The summed E-state index contributed by atoms with van der Waals surface area (Å²) in [5.41, 5.74) is 6.10. The number of rotatable bonds is 4. The molecule has 2 aromatic rings. The van der Waals surface area contributed by atoms with Crippen LogP contribution in [-0.2, 0) is 19.6 Å². The first-order valence-corrected chi connectivity index (χ1v) is 5.17. The number of hydrogen-bond acceptors (Lipinski definition) is 3. The fraction of sp³-hybridized carbons (Fsp3) is 0.273. The molecule has 0 saturated heterocycles. The minimum atomic E-state index is -0.0165. The monoisotopic (exact) mass is 218 g/mol. The fourth-order valence-electron chi connectivity index (χ4n) is 1.56. The van der Waals surface area contributed by atoms with Gasteiger partial charge in [0.05, 0.1) is 6.54 Å². The molecule has 2 aromatic heterocycles. The van der Waals surface area contributed by atoms with Crippen LogP contribution in [0, 0.1) is 0 Å². The first-order valence-electron chi connectivity index (χ1n) is 5.17. The molecule has 0 aliphatic carbocycles. The second-order valence-electron chi connectivity index (χ2n) is 3.51. The van der Waals surface area contributed by atoms with Crippen LogP contribution in [0.5, 0.6) is 0 Å². The van der Waals surface area contributed by atoms with E-state index in [9.17, 15) is 4.79 Å². The molecule has 0 fully saturated rings. The molecule has 0 amide bonds. The van der Waals surface area contributed by atoms with Gasteiger partial charge in [0.15, 0.2) is 0 Å². The van der Waals surface area contributed by atoms with Crippen LogP contribution in [0.2, 0.25) is 0 Å². The lowest BCUT2D eigenvalue weighted by molar-refractivity contribution is 0.521.